The molecule has 3 heteroatoms. The summed E-state index contributed by atoms with van der Waals surface area (Å²) >= 11 is 3.33. The molecule has 0 rings (SSSR count). The summed E-state index contributed by atoms with van der Waals surface area (Å²) in [6.07, 6.45) is 0. The van der Waals surface area contributed by atoms with E-state index in [1.165, 1.54) is 6.92 Å². The van der Waals surface area contributed by atoms with Crippen LogP contribution in [0.3, 0.4) is 0 Å². The van der Waals surface area contributed by atoms with Crippen molar-refractivity contribution in [1.82, 2.24) is 6.15 Å². The minimum atomic E-state index is -0.139. The van der Waals surface area contributed by atoms with Gasteiger partial charge in [0.05, 0.1) is 0 Å². The summed E-state index contributed by atoms with van der Waals surface area (Å²) in [6, 6.07) is 0. The average Bonchev–Trinajstić information content (AvgIpc) is 0.811. The van der Waals surface area contributed by atoms with Gasteiger partial charge in [-0.2, -0.15) is 0 Å². The molecule has 0 spiro atoms. The second kappa shape index (κ2) is 3.98. The van der Waals surface area contributed by atoms with Crippen molar-refractivity contribution in [3.05, 3.63) is 0 Å². The van der Waals surface area contributed by atoms with Crippen LogP contribution in [-0.4, -0.2) is 5.12 Å². The highest BCUT2D eigenvalue weighted by Crippen LogP contribution is 1.66. The van der Waals surface area contributed by atoms with Crippen LogP contribution in [0.5, 0.6) is 0 Å². The number of carbonyl (C=O) groups excluding carboxylic acids is 1. The maximum Gasteiger partial charge on any atom is 0.182 e. The summed E-state index contributed by atoms with van der Waals surface area (Å²) in [6.45, 7) is 1.39. The smallest absolute Gasteiger partial charge is 0.182 e. The van der Waals surface area contributed by atoms with Crippen LogP contribution in [0.15, 0.2) is 0 Å². The van der Waals surface area contributed by atoms with Crippen molar-refractivity contribution in [3.63, 3.8) is 0 Å². The van der Waals surface area contributed by atoms with Gasteiger partial charge < -0.3 is 6.15 Å². The third kappa shape index (κ3) is 39000. The predicted octanol–water partition coefficient (Wildman–Crippen LogP) is 0.839. The fraction of sp³-hybridized carbons (Fsp3) is 0.500. The molecule has 0 heterocycles. The number of carbonyl (C=O) groups is 1. The van der Waals surface area contributed by atoms with Gasteiger partial charge in [-0.15, -0.1) is 12.6 Å². The molecule has 0 unspecified atom stereocenters. The summed E-state index contributed by atoms with van der Waals surface area (Å²) < 4.78 is 0. The van der Waals surface area contributed by atoms with Gasteiger partial charge in [-0.05, 0) is 0 Å². The van der Waals surface area contributed by atoms with Crippen LogP contribution in [0.2, 0.25) is 0 Å². The zero-order valence-electron chi connectivity index (χ0n) is 3.36. The van der Waals surface area contributed by atoms with Crippen molar-refractivity contribution >= 4 is 17.7 Å². The van der Waals surface area contributed by atoms with Crippen LogP contribution in [0.4, 0.5) is 0 Å². The first-order chi connectivity index (χ1) is 1.73. The Labute approximate surface area is 36.6 Å². The first-order valence-electron chi connectivity index (χ1n) is 0.928. The quantitative estimate of drug-likeness (QED) is 0.429. The topological polar surface area (TPSA) is 53.6 Å². The van der Waals surface area contributed by atoms with E-state index in [-0.39, 0.29) is 11.3 Å². The third-order valence-electron chi connectivity index (χ3n) is 0. The highest BCUT2D eigenvalue weighted by atomic mass is 32.1. The normalized spacial score (nSPS) is 5.20. The zero-order chi connectivity index (χ0) is 3.58. The summed E-state index contributed by atoms with van der Waals surface area (Å²) in [5.74, 6) is 0. The first-order valence-corrected chi connectivity index (χ1v) is 1.37. The van der Waals surface area contributed by atoms with Gasteiger partial charge in [0.1, 0.15) is 0 Å². The lowest BCUT2D eigenvalue weighted by atomic mass is 10.9. The van der Waals surface area contributed by atoms with E-state index in [1.807, 2.05) is 0 Å². The maximum absolute atomic E-state index is 9.31. The van der Waals surface area contributed by atoms with Crippen molar-refractivity contribution in [3.8, 4) is 0 Å². The van der Waals surface area contributed by atoms with Gasteiger partial charge in [0, 0.05) is 6.92 Å². The van der Waals surface area contributed by atoms with E-state index in [0.29, 0.717) is 0 Å². The molecule has 0 aliphatic carbocycles. The summed E-state index contributed by atoms with van der Waals surface area (Å²) in [4.78, 5) is 9.31. The Morgan fingerprint density at radius 1 is 1.80 bits per heavy atom. The van der Waals surface area contributed by atoms with Crippen molar-refractivity contribution in [2.45, 2.75) is 6.92 Å². The molecule has 0 saturated heterocycles. The van der Waals surface area contributed by atoms with E-state index < -0.39 is 0 Å². The number of rotatable bonds is 0. The Morgan fingerprint density at radius 2 is 1.80 bits per heavy atom. The van der Waals surface area contributed by atoms with Gasteiger partial charge >= 0.3 is 0 Å². The highest BCUT2D eigenvalue weighted by Gasteiger charge is 1.63. The van der Waals surface area contributed by atoms with Crippen LogP contribution < -0.4 is 6.15 Å². The Morgan fingerprint density at radius 3 is 1.80 bits per heavy atom. The van der Waals surface area contributed by atoms with E-state index in [9.17, 15) is 4.79 Å². The second-order valence-corrected chi connectivity index (χ2v) is 1.15. The molecule has 0 aromatic heterocycles. The lowest BCUT2D eigenvalue weighted by Gasteiger charge is -1.55. The Kier molecular flexibility index (Phi) is 7.07. The molecule has 0 atom stereocenters. The van der Waals surface area contributed by atoms with Gasteiger partial charge in [0.15, 0.2) is 5.12 Å². The predicted molar refractivity (Wildman–Crippen MR) is 25.7 cm³/mol. The lowest BCUT2D eigenvalue weighted by Crippen LogP contribution is -1.62. The van der Waals surface area contributed by atoms with E-state index >= 15 is 0 Å². The molecule has 32 valence electrons. The fourth-order valence-corrected chi connectivity index (χ4v) is 0. The Bertz CT molecular complexity index is 32.6. The molecule has 2 nitrogen and oxygen atoms in total. The number of hydrogen-bond acceptors (Lipinski definition) is 1. The summed E-state index contributed by atoms with van der Waals surface area (Å²) in [7, 11) is 0. The molecule has 0 aliphatic rings. The van der Waals surface area contributed by atoms with Crippen LogP contribution in [0, 0.1) is 0 Å². The SMILES string of the molecule is CC(=O)S.[NH4+]. The van der Waals surface area contributed by atoms with Crippen molar-refractivity contribution in [1.29, 1.82) is 0 Å². The van der Waals surface area contributed by atoms with E-state index in [4.69, 9.17) is 0 Å². The molecule has 5 heavy (non-hydrogen) atoms. The number of quaternary nitrogens is 1. The molecular weight excluding hydrogens is 86.1 g/mol. The van der Waals surface area contributed by atoms with Gasteiger partial charge in [-0.25, -0.2) is 0 Å². The van der Waals surface area contributed by atoms with Gasteiger partial charge in [-0.1, -0.05) is 0 Å². The zero-order valence-corrected chi connectivity index (χ0v) is 4.25. The standard InChI is InChI=1S/C2H4OS.H3N/c1-2(3)4;/h1H3,(H,3,4);1H3/p+1. The van der Waals surface area contributed by atoms with E-state index in [1.54, 1.807) is 0 Å². The molecule has 0 aromatic carbocycles. The Hall–Kier alpha value is -0.0200. The van der Waals surface area contributed by atoms with E-state index in [0.717, 1.165) is 0 Å². The molecule has 0 fully saturated rings. The largest absolute Gasteiger partial charge is 0.369 e. The van der Waals surface area contributed by atoms with E-state index in [2.05, 4.69) is 12.6 Å². The van der Waals surface area contributed by atoms with Crippen LogP contribution in [0.25, 0.3) is 0 Å². The monoisotopic (exact) mass is 94.0 g/mol. The average molecular weight is 94.2 g/mol. The number of thiol groups is 1. The van der Waals surface area contributed by atoms with Crippen molar-refractivity contribution in [2.75, 3.05) is 0 Å². The van der Waals surface area contributed by atoms with Gasteiger partial charge in [-0.3, -0.25) is 4.79 Å². The lowest BCUT2D eigenvalue weighted by molar-refractivity contribution is -0.108. The van der Waals surface area contributed by atoms with Crippen LogP contribution >= 0.6 is 12.6 Å². The molecule has 0 aliphatic heterocycles. The van der Waals surface area contributed by atoms with Crippen LogP contribution in [-0.2, 0) is 4.79 Å². The molecule has 0 bridgehead atoms. The molecular formula is C2H8NOS+. The maximum atomic E-state index is 9.31. The molecule has 0 amide bonds. The summed E-state index contributed by atoms with van der Waals surface area (Å²) in [5, 5.41) is -0.139. The Balaban J connectivity index is 0. The van der Waals surface area contributed by atoms with Crippen molar-refractivity contribution in [2.24, 2.45) is 0 Å². The number of hydrogen-bond donors (Lipinski definition) is 2. The third-order valence-corrected chi connectivity index (χ3v) is 0. The van der Waals surface area contributed by atoms with Gasteiger partial charge in [0.25, 0.3) is 0 Å². The minimum absolute atomic E-state index is 0. The minimum Gasteiger partial charge on any atom is -0.369 e. The van der Waals surface area contributed by atoms with Crippen LogP contribution in [0.1, 0.15) is 6.92 Å². The highest BCUT2D eigenvalue weighted by molar-refractivity contribution is 7.96. The van der Waals surface area contributed by atoms with Gasteiger partial charge in [0.2, 0.25) is 0 Å². The second-order valence-electron chi connectivity index (χ2n) is 0.519. The fourth-order valence-electron chi connectivity index (χ4n) is 0. The first kappa shape index (κ1) is 8.88. The molecule has 4 N–H and O–H groups in total. The molecule has 0 saturated carbocycles. The van der Waals surface area contributed by atoms with Crippen molar-refractivity contribution < 1.29 is 4.79 Å². The molecule has 0 radical (unpaired) electrons. The summed E-state index contributed by atoms with van der Waals surface area (Å²) in [5.41, 5.74) is 0. The molecule has 0 aromatic rings.